The predicted molar refractivity (Wildman–Crippen MR) is 56.0 cm³/mol. The van der Waals surface area contributed by atoms with E-state index in [2.05, 4.69) is 16.0 Å². The minimum absolute atomic E-state index is 0.0496. The van der Waals surface area contributed by atoms with Crippen molar-refractivity contribution < 1.29 is 8.78 Å². The molecular weight excluding hydrogens is 226 g/mol. The third-order valence-corrected chi connectivity index (χ3v) is 2.29. The summed E-state index contributed by atoms with van der Waals surface area (Å²) in [6.07, 6.45) is 7.96. The van der Waals surface area contributed by atoms with Crippen molar-refractivity contribution in [2.75, 3.05) is 0 Å². The van der Waals surface area contributed by atoms with Gasteiger partial charge in [-0.05, 0) is 11.5 Å². The van der Waals surface area contributed by atoms with Crippen molar-refractivity contribution in [1.82, 2.24) is 14.8 Å². The quantitative estimate of drug-likeness (QED) is 0.743. The van der Waals surface area contributed by atoms with Crippen molar-refractivity contribution in [3.63, 3.8) is 0 Å². The Kier molecular flexibility index (Phi) is 2.71. The van der Waals surface area contributed by atoms with Crippen LogP contribution in [0.4, 0.5) is 8.78 Å². The Bertz CT molecular complexity index is 646. The second kappa shape index (κ2) is 4.18. The molecule has 0 bridgehead atoms. The maximum absolute atomic E-state index is 12.7. The van der Waals surface area contributed by atoms with Crippen molar-refractivity contribution in [1.29, 1.82) is 5.26 Å². The van der Waals surface area contributed by atoms with Crippen LogP contribution in [0.1, 0.15) is 17.8 Å². The second-order valence-electron chi connectivity index (χ2n) is 3.24. The van der Waals surface area contributed by atoms with Crippen LogP contribution in [-0.4, -0.2) is 14.8 Å². The molecule has 84 valence electrons. The molecule has 2 aromatic rings. The molecule has 0 amide bonds. The molecule has 0 aliphatic rings. The van der Waals surface area contributed by atoms with Crippen LogP contribution < -0.4 is 0 Å². The highest BCUT2D eigenvalue weighted by Gasteiger charge is 2.18. The fourth-order valence-corrected chi connectivity index (χ4v) is 1.62. The van der Waals surface area contributed by atoms with Gasteiger partial charge < -0.3 is 0 Å². The fourth-order valence-electron chi connectivity index (χ4n) is 1.62. The Balaban J connectivity index is 2.82. The van der Waals surface area contributed by atoms with Gasteiger partial charge in [0.05, 0.1) is 24.2 Å². The van der Waals surface area contributed by atoms with Crippen molar-refractivity contribution in [3.05, 3.63) is 23.7 Å². The molecule has 0 spiro atoms. The SMILES string of the molecule is C#Cc1nn(C(F)F)c2cncc(CC#N)c12. The van der Waals surface area contributed by atoms with Gasteiger partial charge in [-0.15, -0.1) is 6.42 Å². The average Bonchev–Trinajstić information content (AvgIpc) is 2.69. The minimum Gasteiger partial charge on any atom is -0.262 e. The van der Waals surface area contributed by atoms with Gasteiger partial charge in [-0.1, -0.05) is 0 Å². The highest BCUT2D eigenvalue weighted by Crippen LogP contribution is 2.25. The number of pyridine rings is 1. The zero-order valence-electron chi connectivity index (χ0n) is 8.56. The minimum atomic E-state index is -2.79. The highest BCUT2D eigenvalue weighted by atomic mass is 19.3. The summed E-state index contributed by atoms with van der Waals surface area (Å²) in [5.74, 6) is 2.24. The third kappa shape index (κ3) is 1.70. The molecule has 0 fully saturated rings. The van der Waals surface area contributed by atoms with E-state index in [1.165, 1.54) is 12.4 Å². The van der Waals surface area contributed by atoms with Gasteiger partial charge in [0.15, 0.2) is 0 Å². The van der Waals surface area contributed by atoms with Crippen molar-refractivity contribution in [3.8, 4) is 18.4 Å². The number of hydrogen-bond donors (Lipinski definition) is 0. The molecule has 0 atom stereocenters. The van der Waals surface area contributed by atoms with Gasteiger partial charge >= 0.3 is 6.55 Å². The number of terminal acetylenes is 1. The molecule has 4 nitrogen and oxygen atoms in total. The summed E-state index contributed by atoms with van der Waals surface area (Å²) < 4.78 is 25.9. The Morgan fingerprint density at radius 3 is 2.82 bits per heavy atom. The number of alkyl halides is 2. The van der Waals surface area contributed by atoms with E-state index in [4.69, 9.17) is 11.7 Å². The van der Waals surface area contributed by atoms with Crippen molar-refractivity contribution >= 4 is 10.9 Å². The van der Waals surface area contributed by atoms with Crippen LogP contribution in [0.5, 0.6) is 0 Å². The fraction of sp³-hybridized carbons (Fsp3) is 0.182. The molecule has 0 aromatic carbocycles. The van der Waals surface area contributed by atoms with Gasteiger partial charge in [0.1, 0.15) is 5.69 Å². The van der Waals surface area contributed by atoms with Crippen LogP contribution in [0.3, 0.4) is 0 Å². The summed E-state index contributed by atoms with van der Waals surface area (Å²) in [4.78, 5) is 3.81. The standard InChI is InChI=1S/C11H6F2N4/c1-2-8-10-7(3-4-14)5-15-6-9(10)17(16-8)11(12)13/h1,5-6,11H,3H2. The molecule has 0 N–H and O–H groups in total. The van der Waals surface area contributed by atoms with Crippen LogP contribution >= 0.6 is 0 Å². The topological polar surface area (TPSA) is 54.5 Å². The lowest BCUT2D eigenvalue weighted by Gasteiger charge is -2.00. The number of halogens is 2. The first-order chi connectivity index (χ1) is 8.19. The van der Waals surface area contributed by atoms with Crippen LogP contribution in [0.15, 0.2) is 12.4 Å². The molecule has 0 saturated carbocycles. The molecule has 2 heterocycles. The van der Waals surface area contributed by atoms with Gasteiger partial charge in [-0.25, -0.2) is 4.68 Å². The van der Waals surface area contributed by atoms with Crippen LogP contribution in [-0.2, 0) is 6.42 Å². The van der Waals surface area contributed by atoms with Crippen molar-refractivity contribution in [2.24, 2.45) is 0 Å². The number of fused-ring (bicyclic) bond motifs is 1. The molecule has 2 rings (SSSR count). The summed E-state index contributed by atoms with van der Waals surface area (Å²) in [6.45, 7) is -2.79. The zero-order valence-corrected chi connectivity index (χ0v) is 8.56. The van der Waals surface area contributed by atoms with Crippen LogP contribution in [0, 0.1) is 23.7 Å². The summed E-state index contributed by atoms with van der Waals surface area (Å²) in [7, 11) is 0. The summed E-state index contributed by atoms with van der Waals surface area (Å²) in [6, 6.07) is 1.93. The van der Waals surface area contributed by atoms with E-state index < -0.39 is 6.55 Å². The maximum atomic E-state index is 12.7. The molecule has 2 aromatic heterocycles. The van der Waals surface area contributed by atoms with E-state index >= 15 is 0 Å². The van der Waals surface area contributed by atoms with E-state index in [0.29, 0.717) is 15.6 Å². The lowest BCUT2D eigenvalue weighted by Crippen LogP contribution is -2.00. The number of nitriles is 1. The molecule has 6 heteroatoms. The highest BCUT2D eigenvalue weighted by molar-refractivity contribution is 5.87. The maximum Gasteiger partial charge on any atom is 0.333 e. The average molecular weight is 232 g/mol. The lowest BCUT2D eigenvalue weighted by molar-refractivity contribution is 0.0613. The number of hydrogen-bond acceptors (Lipinski definition) is 3. The van der Waals surface area contributed by atoms with Gasteiger partial charge in [0.2, 0.25) is 0 Å². The molecule has 0 aliphatic heterocycles. The lowest BCUT2D eigenvalue weighted by atomic mass is 10.1. The molecule has 0 unspecified atom stereocenters. The number of nitrogens with zero attached hydrogens (tertiary/aromatic N) is 4. The summed E-state index contributed by atoms with van der Waals surface area (Å²) >= 11 is 0. The van der Waals surface area contributed by atoms with Crippen molar-refractivity contribution in [2.45, 2.75) is 13.0 Å². The summed E-state index contributed by atoms with van der Waals surface area (Å²) in [5.41, 5.74) is 0.749. The van der Waals surface area contributed by atoms with Gasteiger partial charge in [-0.2, -0.15) is 19.1 Å². The smallest absolute Gasteiger partial charge is 0.262 e. The van der Waals surface area contributed by atoms with E-state index in [-0.39, 0.29) is 17.6 Å². The Labute approximate surface area is 95.5 Å². The third-order valence-electron chi connectivity index (χ3n) is 2.29. The van der Waals surface area contributed by atoms with E-state index in [1.807, 2.05) is 6.07 Å². The second-order valence-corrected chi connectivity index (χ2v) is 3.24. The number of rotatable bonds is 2. The molecular formula is C11H6F2N4. The number of aromatic nitrogens is 3. The Morgan fingerprint density at radius 1 is 1.47 bits per heavy atom. The normalized spacial score (nSPS) is 10.4. The van der Waals surface area contributed by atoms with E-state index in [9.17, 15) is 8.78 Å². The van der Waals surface area contributed by atoms with Gasteiger partial charge in [0, 0.05) is 11.6 Å². The Morgan fingerprint density at radius 2 is 2.24 bits per heavy atom. The monoisotopic (exact) mass is 232 g/mol. The molecule has 17 heavy (non-hydrogen) atoms. The first-order valence-electron chi connectivity index (χ1n) is 4.65. The van der Waals surface area contributed by atoms with Crippen LogP contribution in [0.2, 0.25) is 0 Å². The first kappa shape index (κ1) is 11.0. The van der Waals surface area contributed by atoms with Gasteiger partial charge in [0.25, 0.3) is 0 Å². The summed E-state index contributed by atoms with van der Waals surface area (Å²) in [5, 5.41) is 12.7. The molecule has 0 saturated heterocycles. The van der Waals surface area contributed by atoms with E-state index in [0.717, 1.165) is 0 Å². The zero-order chi connectivity index (χ0) is 12.4. The Hall–Kier alpha value is -2.47. The predicted octanol–water partition coefficient (Wildman–Crippen LogP) is 1.87. The van der Waals surface area contributed by atoms with Gasteiger partial charge in [-0.3, -0.25) is 4.98 Å². The largest absolute Gasteiger partial charge is 0.333 e. The molecule has 0 aliphatic carbocycles. The molecule has 0 radical (unpaired) electrons. The van der Waals surface area contributed by atoms with E-state index in [1.54, 1.807) is 0 Å². The van der Waals surface area contributed by atoms with Crippen LogP contribution in [0.25, 0.3) is 10.9 Å². The first-order valence-corrected chi connectivity index (χ1v) is 4.65.